The molecule has 1 aliphatic rings. The van der Waals surface area contributed by atoms with Crippen molar-refractivity contribution >= 4 is 5.91 Å². The summed E-state index contributed by atoms with van der Waals surface area (Å²) in [5, 5.41) is 3.09. The van der Waals surface area contributed by atoms with Crippen LogP contribution in [0.2, 0.25) is 0 Å². The minimum absolute atomic E-state index is 0.0972. The van der Waals surface area contributed by atoms with E-state index in [2.05, 4.69) is 75.8 Å². The van der Waals surface area contributed by atoms with Gasteiger partial charge in [0, 0.05) is 32.7 Å². The second kappa shape index (κ2) is 10.4. The summed E-state index contributed by atoms with van der Waals surface area (Å²) in [4.78, 5) is 17.5. The van der Waals surface area contributed by atoms with Gasteiger partial charge < -0.3 is 5.32 Å². The molecule has 0 bridgehead atoms. The lowest BCUT2D eigenvalue weighted by Crippen LogP contribution is -2.54. The number of amides is 1. The van der Waals surface area contributed by atoms with E-state index in [0.29, 0.717) is 6.54 Å². The molecule has 1 atom stereocenters. The summed E-state index contributed by atoms with van der Waals surface area (Å²) >= 11 is 0. The van der Waals surface area contributed by atoms with Gasteiger partial charge in [0.05, 0.1) is 12.1 Å². The zero-order valence-electron chi connectivity index (χ0n) is 18.2. The van der Waals surface area contributed by atoms with Crippen molar-refractivity contribution in [2.45, 2.75) is 25.6 Å². The first-order valence-electron chi connectivity index (χ1n) is 11.1. The molecule has 1 fully saturated rings. The fourth-order valence-corrected chi connectivity index (χ4v) is 4.37. The molecule has 1 heterocycles. The quantitative estimate of drug-likeness (QED) is 0.634. The summed E-state index contributed by atoms with van der Waals surface area (Å²) in [6.45, 7) is 6.23. The maximum atomic E-state index is 12.7. The second-order valence-corrected chi connectivity index (χ2v) is 8.18. The molecular weight excluding hydrogens is 382 g/mol. The summed E-state index contributed by atoms with van der Waals surface area (Å²) < 4.78 is 0. The predicted molar refractivity (Wildman–Crippen MR) is 126 cm³/mol. The normalized spacial score (nSPS) is 16.2. The average Bonchev–Trinajstić information content (AvgIpc) is 2.85. The molecule has 3 aromatic rings. The molecule has 31 heavy (non-hydrogen) atoms. The zero-order valence-corrected chi connectivity index (χ0v) is 18.2. The van der Waals surface area contributed by atoms with Crippen LogP contribution in [0.3, 0.4) is 0 Å². The lowest BCUT2D eigenvalue weighted by atomic mass is 9.96. The molecule has 1 N–H and O–H groups in total. The Morgan fingerprint density at radius 2 is 1.19 bits per heavy atom. The highest BCUT2D eigenvalue weighted by Crippen LogP contribution is 2.29. The number of nitrogens with one attached hydrogen (secondary N) is 1. The van der Waals surface area contributed by atoms with Crippen molar-refractivity contribution in [2.24, 2.45) is 0 Å². The Balaban J connectivity index is 1.38. The molecule has 1 aliphatic heterocycles. The Kier molecular flexibility index (Phi) is 7.13. The highest BCUT2D eigenvalue weighted by Gasteiger charge is 2.30. The third-order valence-corrected chi connectivity index (χ3v) is 6.18. The van der Waals surface area contributed by atoms with Crippen molar-refractivity contribution < 1.29 is 4.79 Å². The van der Waals surface area contributed by atoms with E-state index in [4.69, 9.17) is 0 Å². The van der Waals surface area contributed by atoms with E-state index in [1.54, 1.807) is 0 Å². The molecule has 0 radical (unpaired) electrons. The summed E-state index contributed by atoms with van der Waals surface area (Å²) in [6, 6.07) is 31.6. The molecule has 160 valence electrons. The Morgan fingerprint density at radius 1 is 0.742 bits per heavy atom. The number of hydrogen-bond acceptors (Lipinski definition) is 3. The van der Waals surface area contributed by atoms with Crippen molar-refractivity contribution in [1.82, 2.24) is 15.1 Å². The van der Waals surface area contributed by atoms with Gasteiger partial charge in [-0.3, -0.25) is 14.6 Å². The van der Waals surface area contributed by atoms with Crippen LogP contribution in [0.25, 0.3) is 0 Å². The van der Waals surface area contributed by atoms with Gasteiger partial charge in [-0.15, -0.1) is 0 Å². The van der Waals surface area contributed by atoms with Gasteiger partial charge in [-0.05, 0) is 23.6 Å². The van der Waals surface area contributed by atoms with E-state index in [-0.39, 0.29) is 18.0 Å². The number of carbonyl (C=O) groups is 1. The third kappa shape index (κ3) is 5.40. The number of carbonyl (C=O) groups excluding carboxylic acids is 1. The van der Waals surface area contributed by atoms with Crippen LogP contribution in [0, 0.1) is 0 Å². The Bertz CT molecular complexity index is 898. The first kappa shape index (κ1) is 21.3. The Labute approximate surface area is 185 Å². The van der Waals surface area contributed by atoms with Crippen LogP contribution in [0.4, 0.5) is 0 Å². The van der Waals surface area contributed by atoms with E-state index >= 15 is 0 Å². The van der Waals surface area contributed by atoms with Crippen molar-refractivity contribution in [3.63, 3.8) is 0 Å². The standard InChI is InChI=1S/C27H31N3O/c1-22(27(31)28-21-23-11-5-2-6-12-23)29-17-19-30(20-18-29)26(24-13-7-3-8-14-24)25-15-9-4-10-16-25/h2-16,22,26H,17-21H2,1H3,(H,28,31). The van der Waals surface area contributed by atoms with Gasteiger partial charge in [-0.2, -0.15) is 0 Å². The molecule has 0 aromatic heterocycles. The second-order valence-electron chi connectivity index (χ2n) is 8.18. The highest BCUT2D eigenvalue weighted by atomic mass is 16.2. The summed E-state index contributed by atoms with van der Waals surface area (Å²) in [6.07, 6.45) is 0. The van der Waals surface area contributed by atoms with Gasteiger partial charge in [0.15, 0.2) is 0 Å². The highest BCUT2D eigenvalue weighted by molar-refractivity contribution is 5.81. The lowest BCUT2D eigenvalue weighted by Gasteiger charge is -2.41. The largest absolute Gasteiger partial charge is 0.351 e. The Hall–Kier alpha value is -2.95. The van der Waals surface area contributed by atoms with E-state index in [1.165, 1.54) is 11.1 Å². The van der Waals surface area contributed by atoms with Crippen LogP contribution >= 0.6 is 0 Å². The van der Waals surface area contributed by atoms with Crippen molar-refractivity contribution in [1.29, 1.82) is 0 Å². The monoisotopic (exact) mass is 413 g/mol. The van der Waals surface area contributed by atoms with Crippen LogP contribution in [-0.4, -0.2) is 47.9 Å². The van der Waals surface area contributed by atoms with Crippen LogP contribution in [0.5, 0.6) is 0 Å². The predicted octanol–water partition coefficient (Wildman–Crippen LogP) is 4.10. The molecule has 1 saturated heterocycles. The van der Waals surface area contributed by atoms with Gasteiger partial charge in [-0.1, -0.05) is 91.0 Å². The summed E-state index contributed by atoms with van der Waals surface area (Å²) in [7, 11) is 0. The first-order valence-corrected chi connectivity index (χ1v) is 11.1. The van der Waals surface area contributed by atoms with Crippen molar-refractivity contribution in [2.75, 3.05) is 26.2 Å². The van der Waals surface area contributed by atoms with E-state index < -0.39 is 0 Å². The molecule has 0 spiro atoms. The van der Waals surface area contributed by atoms with Gasteiger partial charge in [0.1, 0.15) is 0 Å². The maximum absolute atomic E-state index is 12.7. The molecular formula is C27H31N3O. The topological polar surface area (TPSA) is 35.6 Å². The zero-order chi connectivity index (χ0) is 21.5. The molecule has 1 amide bonds. The fourth-order valence-electron chi connectivity index (χ4n) is 4.37. The fraction of sp³-hybridized carbons (Fsp3) is 0.296. The molecule has 3 aromatic carbocycles. The van der Waals surface area contributed by atoms with Crippen molar-refractivity contribution in [3.05, 3.63) is 108 Å². The van der Waals surface area contributed by atoms with Gasteiger partial charge in [0.25, 0.3) is 0 Å². The minimum Gasteiger partial charge on any atom is -0.351 e. The van der Waals surface area contributed by atoms with E-state index in [1.807, 2.05) is 37.3 Å². The summed E-state index contributed by atoms with van der Waals surface area (Å²) in [5.41, 5.74) is 3.76. The lowest BCUT2D eigenvalue weighted by molar-refractivity contribution is -0.126. The van der Waals surface area contributed by atoms with E-state index in [9.17, 15) is 4.79 Å². The molecule has 4 heteroatoms. The third-order valence-electron chi connectivity index (χ3n) is 6.18. The van der Waals surface area contributed by atoms with Gasteiger partial charge in [0.2, 0.25) is 5.91 Å². The van der Waals surface area contributed by atoms with E-state index in [0.717, 1.165) is 31.7 Å². The number of hydrogen-bond donors (Lipinski definition) is 1. The molecule has 0 aliphatic carbocycles. The minimum atomic E-state index is -0.127. The summed E-state index contributed by atoms with van der Waals surface area (Å²) in [5.74, 6) is 0.0972. The SMILES string of the molecule is CC(C(=O)NCc1ccccc1)N1CCN(C(c2ccccc2)c2ccccc2)CC1. The van der Waals surface area contributed by atoms with Crippen molar-refractivity contribution in [3.8, 4) is 0 Å². The van der Waals surface area contributed by atoms with Crippen LogP contribution in [0.15, 0.2) is 91.0 Å². The first-order chi connectivity index (χ1) is 15.2. The Morgan fingerprint density at radius 3 is 1.71 bits per heavy atom. The number of rotatable bonds is 7. The van der Waals surface area contributed by atoms with Gasteiger partial charge in [-0.25, -0.2) is 0 Å². The molecule has 4 nitrogen and oxygen atoms in total. The van der Waals surface area contributed by atoms with Crippen LogP contribution < -0.4 is 5.32 Å². The average molecular weight is 414 g/mol. The maximum Gasteiger partial charge on any atom is 0.237 e. The van der Waals surface area contributed by atoms with Crippen LogP contribution in [0.1, 0.15) is 29.7 Å². The number of piperazine rings is 1. The number of nitrogens with zero attached hydrogens (tertiary/aromatic N) is 2. The molecule has 0 saturated carbocycles. The molecule has 4 rings (SSSR count). The van der Waals surface area contributed by atoms with Crippen LogP contribution in [-0.2, 0) is 11.3 Å². The number of benzene rings is 3. The van der Waals surface area contributed by atoms with Gasteiger partial charge >= 0.3 is 0 Å². The molecule has 1 unspecified atom stereocenters. The smallest absolute Gasteiger partial charge is 0.237 e.